The van der Waals surface area contributed by atoms with Gasteiger partial charge < -0.3 is 24.7 Å². The highest BCUT2D eigenvalue weighted by Gasteiger charge is 2.16. The summed E-state index contributed by atoms with van der Waals surface area (Å²) in [4.78, 5) is 20.4. The van der Waals surface area contributed by atoms with Crippen molar-refractivity contribution in [3.8, 4) is 5.75 Å². The Balaban J connectivity index is 1.50. The number of H-pyrrole nitrogens is 1. The molecule has 3 aromatic rings. The smallest absolute Gasteiger partial charge is 0.253 e. The van der Waals surface area contributed by atoms with Crippen LogP contribution in [0.15, 0.2) is 53.3 Å². The number of benzene rings is 2. The van der Waals surface area contributed by atoms with Crippen molar-refractivity contribution >= 4 is 33.9 Å². The first-order chi connectivity index (χ1) is 16.5. The fraction of sp³-hybridized carbons (Fsp3) is 0.385. The molecule has 0 bridgehead atoms. The van der Waals surface area contributed by atoms with Crippen LogP contribution in [0.1, 0.15) is 17.5 Å². The number of hydrogen-bond donors (Lipinski definition) is 2. The number of aromatic nitrogens is 1. The molecule has 1 aliphatic rings. The largest absolute Gasteiger partial charge is 0.497 e. The van der Waals surface area contributed by atoms with Crippen LogP contribution in [-0.4, -0.2) is 66.4 Å². The van der Waals surface area contributed by atoms with Crippen molar-refractivity contribution in [2.24, 2.45) is 0 Å². The molecule has 1 saturated heterocycles. The van der Waals surface area contributed by atoms with Gasteiger partial charge in [0.25, 0.3) is 5.56 Å². The summed E-state index contributed by atoms with van der Waals surface area (Å²) in [6.45, 7) is 7.65. The highest BCUT2D eigenvalue weighted by molar-refractivity contribution is 7.80. The van der Waals surface area contributed by atoms with Crippen molar-refractivity contribution in [3.05, 3.63) is 70.0 Å². The summed E-state index contributed by atoms with van der Waals surface area (Å²) in [5.41, 5.74) is 3.47. The Morgan fingerprint density at radius 2 is 1.94 bits per heavy atom. The van der Waals surface area contributed by atoms with Gasteiger partial charge in [-0.15, -0.1) is 0 Å². The fourth-order valence-electron chi connectivity index (χ4n) is 4.12. The summed E-state index contributed by atoms with van der Waals surface area (Å²) >= 11 is 5.78. The van der Waals surface area contributed by atoms with Gasteiger partial charge in [0.15, 0.2) is 5.11 Å². The van der Waals surface area contributed by atoms with E-state index in [1.807, 2.05) is 49.4 Å². The minimum atomic E-state index is -0.0801. The van der Waals surface area contributed by atoms with E-state index in [1.165, 1.54) is 0 Å². The molecule has 0 spiro atoms. The quantitative estimate of drug-likeness (QED) is 0.476. The molecular weight excluding hydrogens is 448 g/mol. The van der Waals surface area contributed by atoms with Crippen LogP contribution in [0.5, 0.6) is 5.75 Å². The van der Waals surface area contributed by atoms with Crippen LogP contribution in [0.2, 0.25) is 0 Å². The molecule has 0 radical (unpaired) electrons. The third-order valence-electron chi connectivity index (χ3n) is 6.07. The number of aryl methyl sites for hydroxylation is 1. The molecule has 8 heteroatoms. The van der Waals surface area contributed by atoms with E-state index in [9.17, 15) is 4.79 Å². The Labute approximate surface area is 205 Å². The minimum absolute atomic E-state index is 0.0801. The molecule has 1 aromatic heterocycles. The fourth-order valence-corrected chi connectivity index (χ4v) is 4.40. The Hall–Kier alpha value is -2.94. The lowest BCUT2D eigenvalue weighted by molar-refractivity contribution is 0.0367. The molecule has 4 rings (SSSR count). The Bertz CT molecular complexity index is 1170. The Morgan fingerprint density at radius 1 is 1.18 bits per heavy atom. The van der Waals surface area contributed by atoms with E-state index in [2.05, 4.69) is 26.2 Å². The number of morpholine rings is 1. The average Bonchev–Trinajstić information content (AvgIpc) is 2.85. The van der Waals surface area contributed by atoms with Crippen molar-refractivity contribution < 1.29 is 9.47 Å². The zero-order chi connectivity index (χ0) is 23.9. The van der Waals surface area contributed by atoms with Gasteiger partial charge in [-0.1, -0.05) is 12.1 Å². The zero-order valence-electron chi connectivity index (χ0n) is 19.8. The van der Waals surface area contributed by atoms with Gasteiger partial charge in [0.2, 0.25) is 0 Å². The van der Waals surface area contributed by atoms with Gasteiger partial charge in [-0.3, -0.25) is 9.69 Å². The second-order valence-electron chi connectivity index (χ2n) is 8.60. The number of nitrogens with zero attached hydrogens (tertiary/aromatic N) is 2. The summed E-state index contributed by atoms with van der Waals surface area (Å²) in [5, 5.41) is 4.93. The number of ether oxygens (including phenoxy) is 2. The van der Waals surface area contributed by atoms with Gasteiger partial charge >= 0.3 is 0 Å². The second-order valence-corrected chi connectivity index (χ2v) is 8.99. The van der Waals surface area contributed by atoms with E-state index < -0.39 is 0 Å². The van der Waals surface area contributed by atoms with Crippen LogP contribution in [0, 0.1) is 6.92 Å². The molecular formula is C26H32N4O3S. The molecule has 1 aliphatic heterocycles. The van der Waals surface area contributed by atoms with Crippen molar-refractivity contribution in [2.45, 2.75) is 19.9 Å². The van der Waals surface area contributed by atoms with Gasteiger partial charge in [0, 0.05) is 42.9 Å². The maximum absolute atomic E-state index is 12.9. The lowest BCUT2D eigenvalue weighted by atomic mass is 10.1. The number of pyridine rings is 1. The lowest BCUT2D eigenvalue weighted by Crippen LogP contribution is -2.40. The van der Waals surface area contributed by atoms with Crippen LogP contribution in [0.3, 0.4) is 0 Å². The standard InChI is InChI=1S/C26H32N4O3S/c1-19-4-5-20-17-21(25(31)28-24(20)16-19)18-30(11-3-10-29-12-14-33-15-13-29)26(34)27-22-6-8-23(32-2)9-7-22/h4-9,16-17H,3,10-15,18H2,1-2H3,(H,27,34)(H,28,31). The topological polar surface area (TPSA) is 69.8 Å². The van der Waals surface area contributed by atoms with Crippen LogP contribution >= 0.6 is 12.2 Å². The minimum Gasteiger partial charge on any atom is -0.497 e. The van der Waals surface area contributed by atoms with Crippen molar-refractivity contribution in [1.29, 1.82) is 0 Å². The van der Waals surface area contributed by atoms with Gasteiger partial charge in [-0.2, -0.15) is 0 Å². The summed E-state index contributed by atoms with van der Waals surface area (Å²) in [6.07, 6.45) is 0.940. The molecule has 1 fully saturated rings. The molecule has 0 aliphatic carbocycles. The van der Waals surface area contributed by atoms with E-state index in [1.54, 1.807) is 7.11 Å². The van der Waals surface area contributed by atoms with Crippen LogP contribution < -0.4 is 15.6 Å². The molecule has 180 valence electrons. The maximum atomic E-state index is 12.9. The summed E-state index contributed by atoms with van der Waals surface area (Å²) in [5.74, 6) is 0.789. The van der Waals surface area contributed by atoms with E-state index in [-0.39, 0.29) is 5.56 Å². The SMILES string of the molecule is COc1ccc(NC(=S)N(CCCN2CCOCC2)Cc2cc3ccc(C)cc3[nH]c2=O)cc1. The molecule has 2 N–H and O–H groups in total. The first kappa shape index (κ1) is 24.2. The zero-order valence-corrected chi connectivity index (χ0v) is 20.6. The van der Waals surface area contributed by atoms with Crippen LogP contribution in [0.4, 0.5) is 5.69 Å². The molecule has 0 saturated carbocycles. The first-order valence-electron chi connectivity index (χ1n) is 11.6. The second kappa shape index (κ2) is 11.5. The monoisotopic (exact) mass is 480 g/mol. The van der Waals surface area contributed by atoms with Gasteiger partial charge in [0.1, 0.15) is 5.75 Å². The number of fused-ring (bicyclic) bond motifs is 1. The molecule has 2 heterocycles. The van der Waals surface area contributed by atoms with Crippen molar-refractivity contribution in [3.63, 3.8) is 0 Å². The Morgan fingerprint density at radius 3 is 2.68 bits per heavy atom. The van der Waals surface area contributed by atoms with Crippen LogP contribution in [0.25, 0.3) is 10.9 Å². The number of rotatable bonds is 8. The van der Waals surface area contributed by atoms with Gasteiger partial charge in [-0.25, -0.2) is 0 Å². The number of hydrogen-bond acceptors (Lipinski definition) is 5. The van der Waals surface area contributed by atoms with Crippen molar-refractivity contribution in [2.75, 3.05) is 51.8 Å². The normalized spacial score (nSPS) is 14.2. The molecule has 0 amide bonds. The van der Waals surface area contributed by atoms with E-state index in [0.29, 0.717) is 17.2 Å². The van der Waals surface area contributed by atoms with E-state index in [0.717, 1.165) is 73.7 Å². The predicted molar refractivity (Wildman–Crippen MR) is 141 cm³/mol. The maximum Gasteiger partial charge on any atom is 0.253 e. The van der Waals surface area contributed by atoms with Crippen LogP contribution in [-0.2, 0) is 11.3 Å². The number of methoxy groups -OCH3 is 1. The number of anilines is 1. The number of nitrogens with one attached hydrogen (secondary N) is 2. The first-order valence-corrected chi connectivity index (χ1v) is 12.1. The highest BCUT2D eigenvalue weighted by atomic mass is 32.1. The molecule has 7 nitrogen and oxygen atoms in total. The van der Waals surface area contributed by atoms with Gasteiger partial charge in [-0.05, 0) is 72.9 Å². The van der Waals surface area contributed by atoms with Crippen molar-refractivity contribution in [1.82, 2.24) is 14.8 Å². The molecule has 2 aromatic carbocycles. The summed E-state index contributed by atoms with van der Waals surface area (Å²) in [6, 6.07) is 15.7. The van der Waals surface area contributed by atoms with E-state index >= 15 is 0 Å². The summed E-state index contributed by atoms with van der Waals surface area (Å²) < 4.78 is 10.7. The number of thiocarbonyl (C=S) groups is 1. The highest BCUT2D eigenvalue weighted by Crippen LogP contribution is 2.17. The van der Waals surface area contributed by atoms with E-state index in [4.69, 9.17) is 21.7 Å². The molecule has 34 heavy (non-hydrogen) atoms. The predicted octanol–water partition coefficient (Wildman–Crippen LogP) is 3.77. The lowest BCUT2D eigenvalue weighted by Gasteiger charge is -2.29. The molecule has 0 atom stereocenters. The number of aromatic amines is 1. The third-order valence-corrected chi connectivity index (χ3v) is 6.43. The Kier molecular flexibility index (Phi) is 8.16. The average molecular weight is 481 g/mol. The van der Waals surface area contributed by atoms with Gasteiger partial charge in [0.05, 0.1) is 26.9 Å². The third kappa shape index (κ3) is 6.34. The molecule has 0 unspecified atom stereocenters. The summed E-state index contributed by atoms with van der Waals surface area (Å²) in [7, 11) is 1.64.